The van der Waals surface area contributed by atoms with E-state index in [-0.39, 0.29) is 11.3 Å². The Balaban J connectivity index is 0.000000399. The lowest BCUT2D eigenvalue weighted by Gasteiger charge is -2.19. The summed E-state index contributed by atoms with van der Waals surface area (Å²) < 4.78 is 22.8. The lowest BCUT2D eigenvalue weighted by Crippen LogP contribution is -2.33. The Morgan fingerprint density at radius 2 is 1.95 bits per heavy atom. The molecular formula is C11H13NO5S2. The van der Waals surface area contributed by atoms with Crippen molar-refractivity contribution in [3.8, 4) is 0 Å². The minimum atomic E-state index is -2.61. The van der Waals surface area contributed by atoms with Gasteiger partial charge in [0.25, 0.3) is 16.6 Å². The van der Waals surface area contributed by atoms with Gasteiger partial charge in [0, 0.05) is 12.3 Å². The molecular weight excluding hydrogens is 290 g/mol. The van der Waals surface area contributed by atoms with Gasteiger partial charge in [0.05, 0.1) is 6.04 Å². The maximum atomic E-state index is 11.5. The minimum absolute atomic E-state index is 0.00375. The maximum Gasteiger partial charge on any atom is 0.299 e. The van der Waals surface area contributed by atoms with Crippen molar-refractivity contribution in [2.75, 3.05) is 5.75 Å². The van der Waals surface area contributed by atoms with Gasteiger partial charge >= 0.3 is 0 Å². The van der Waals surface area contributed by atoms with Crippen molar-refractivity contribution in [1.29, 1.82) is 0 Å². The van der Waals surface area contributed by atoms with Crippen molar-refractivity contribution in [3.05, 3.63) is 35.9 Å². The molecule has 0 bridgehead atoms. The second-order valence-electron chi connectivity index (χ2n) is 3.62. The van der Waals surface area contributed by atoms with Crippen molar-refractivity contribution < 1.29 is 22.9 Å². The van der Waals surface area contributed by atoms with Crippen molar-refractivity contribution in [2.45, 2.75) is 12.6 Å². The molecule has 6 nitrogen and oxygen atoms in total. The van der Waals surface area contributed by atoms with Gasteiger partial charge in [-0.05, 0) is 5.56 Å². The molecule has 1 aliphatic heterocycles. The van der Waals surface area contributed by atoms with Gasteiger partial charge in [-0.2, -0.15) is 4.21 Å². The molecule has 0 aliphatic carbocycles. The van der Waals surface area contributed by atoms with E-state index >= 15 is 0 Å². The van der Waals surface area contributed by atoms with Crippen LogP contribution < -0.4 is 0 Å². The van der Waals surface area contributed by atoms with E-state index in [9.17, 15) is 9.59 Å². The van der Waals surface area contributed by atoms with Crippen LogP contribution >= 0.6 is 11.8 Å². The van der Waals surface area contributed by atoms with Crippen molar-refractivity contribution in [1.82, 2.24) is 4.90 Å². The Hall–Kier alpha value is -1.22. The van der Waals surface area contributed by atoms with Crippen LogP contribution in [0.2, 0.25) is 0 Å². The van der Waals surface area contributed by atoms with Gasteiger partial charge in [-0.25, -0.2) is 0 Å². The molecule has 0 saturated carbocycles. The summed E-state index contributed by atoms with van der Waals surface area (Å²) in [6.45, 7) is 0.524. The molecule has 1 heterocycles. The van der Waals surface area contributed by atoms with Crippen LogP contribution in [0.5, 0.6) is 0 Å². The first-order valence-corrected chi connectivity index (χ1v) is 7.32. The van der Waals surface area contributed by atoms with E-state index in [1.165, 1.54) is 11.8 Å². The average molecular weight is 303 g/mol. The van der Waals surface area contributed by atoms with Crippen LogP contribution in [0.15, 0.2) is 30.3 Å². The zero-order valence-corrected chi connectivity index (χ0v) is 11.5. The summed E-state index contributed by atoms with van der Waals surface area (Å²) in [7, 11) is 0. The highest BCUT2D eigenvalue weighted by Crippen LogP contribution is 2.24. The standard InChI is InChI=1S/C11H11NO2S.H2O3S/c13-7-10-8-15-11(14)12(10)6-9-4-2-1-3-5-9;1-4(2)3/h1-5,7,10H,6,8H2;(H2,1,2,3)/t10-;/m1./s1. The first kappa shape index (κ1) is 15.8. The summed E-state index contributed by atoms with van der Waals surface area (Å²) in [5, 5.41) is -0.00375. The van der Waals surface area contributed by atoms with Gasteiger partial charge in [0.15, 0.2) is 0 Å². The zero-order valence-electron chi connectivity index (χ0n) is 9.84. The summed E-state index contributed by atoms with van der Waals surface area (Å²) in [6.07, 6.45) is 0.848. The monoisotopic (exact) mass is 303 g/mol. The highest BCUT2D eigenvalue weighted by atomic mass is 32.2. The van der Waals surface area contributed by atoms with Gasteiger partial charge in [-0.3, -0.25) is 13.9 Å². The maximum absolute atomic E-state index is 11.5. The number of aldehydes is 1. The molecule has 0 spiro atoms. The van der Waals surface area contributed by atoms with E-state index in [2.05, 4.69) is 0 Å². The molecule has 19 heavy (non-hydrogen) atoms. The predicted octanol–water partition coefficient (Wildman–Crippen LogP) is 1.60. The topological polar surface area (TPSA) is 94.9 Å². The van der Waals surface area contributed by atoms with E-state index in [0.29, 0.717) is 12.3 Å². The summed E-state index contributed by atoms with van der Waals surface area (Å²) in [5.74, 6) is 0.579. The van der Waals surface area contributed by atoms with Crippen molar-refractivity contribution in [3.63, 3.8) is 0 Å². The normalized spacial score (nSPS) is 18.2. The van der Waals surface area contributed by atoms with Crippen LogP contribution in [0.3, 0.4) is 0 Å². The molecule has 1 aromatic rings. The SMILES string of the molecule is O=C[C@@H]1CSC(=O)N1Cc1ccccc1.O=S(O)O. The van der Waals surface area contributed by atoms with Gasteiger partial charge in [0.1, 0.15) is 6.29 Å². The van der Waals surface area contributed by atoms with E-state index in [4.69, 9.17) is 13.3 Å². The van der Waals surface area contributed by atoms with Crippen molar-refractivity contribution >= 4 is 34.6 Å². The fraction of sp³-hybridized carbons (Fsp3) is 0.273. The molecule has 2 rings (SSSR count). The molecule has 1 aliphatic rings. The third-order valence-corrected chi connectivity index (χ3v) is 3.35. The van der Waals surface area contributed by atoms with Crippen LogP contribution in [0.1, 0.15) is 5.56 Å². The number of carbonyl (C=O) groups excluding carboxylic acids is 2. The molecule has 8 heteroatoms. The third-order valence-electron chi connectivity index (χ3n) is 2.37. The van der Waals surface area contributed by atoms with E-state index in [1.807, 2.05) is 30.3 Å². The number of hydrogen-bond acceptors (Lipinski definition) is 4. The number of hydrogen-bond donors (Lipinski definition) is 2. The number of benzene rings is 1. The first-order chi connectivity index (χ1) is 9.04. The molecule has 1 saturated heterocycles. The second kappa shape index (κ2) is 8.05. The predicted molar refractivity (Wildman–Crippen MR) is 73.1 cm³/mol. The fourth-order valence-electron chi connectivity index (χ4n) is 1.54. The number of thioether (sulfide) groups is 1. The number of amides is 1. The summed E-state index contributed by atoms with van der Waals surface area (Å²) >= 11 is -1.40. The van der Waals surface area contributed by atoms with Gasteiger partial charge in [-0.15, -0.1) is 0 Å². The van der Waals surface area contributed by atoms with Crippen LogP contribution in [0.4, 0.5) is 4.79 Å². The Morgan fingerprint density at radius 1 is 1.37 bits per heavy atom. The van der Waals surface area contributed by atoms with Gasteiger partial charge in [0.2, 0.25) is 0 Å². The molecule has 1 fully saturated rings. The smallest absolute Gasteiger partial charge is 0.299 e. The van der Waals surface area contributed by atoms with Crippen LogP contribution in [-0.4, -0.2) is 41.5 Å². The molecule has 104 valence electrons. The summed E-state index contributed by atoms with van der Waals surface area (Å²) in [5.41, 5.74) is 1.06. The van der Waals surface area contributed by atoms with Crippen molar-refractivity contribution in [2.24, 2.45) is 0 Å². The number of rotatable bonds is 3. The minimum Gasteiger partial charge on any atom is -0.319 e. The Labute approximate surface area is 117 Å². The Kier molecular flexibility index (Phi) is 6.71. The quantitative estimate of drug-likeness (QED) is 0.650. The largest absolute Gasteiger partial charge is 0.319 e. The Morgan fingerprint density at radius 3 is 2.47 bits per heavy atom. The van der Waals surface area contributed by atoms with Crippen LogP contribution in [0, 0.1) is 0 Å². The molecule has 0 radical (unpaired) electrons. The number of nitrogens with zero attached hydrogens (tertiary/aromatic N) is 1. The van der Waals surface area contributed by atoms with Gasteiger partial charge < -0.3 is 9.69 Å². The summed E-state index contributed by atoms with van der Waals surface area (Å²) in [6, 6.07) is 9.44. The lowest BCUT2D eigenvalue weighted by molar-refractivity contribution is -0.110. The average Bonchev–Trinajstić information content (AvgIpc) is 2.71. The lowest BCUT2D eigenvalue weighted by atomic mass is 10.2. The highest BCUT2D eigenvalue weighted by molar-refractivity contribution is 8.13. The van der Waals surface area contributed by atoms with Gasteiger partial charge in [-0.1, -0.05) is 42.1 Å². The fourth-order valence-corrected chi connectivity index (χ4v) is 2.48. The van der Waals surface area contributed by atoms with E-state index in [0.717, 1.165) is 11.8 Å². The molecule has 1 aromatic carbocycles. The third kappa shape index (κ3) is 5.52. The molecule has 1 atom stereocenters. The molecule has 0 aromatic heterocycles. The molecule has 2 N–H and O–H groups in total. The zero-order chi connectivity index (χ0) is 14.3. The summed E-state index contributed by atoms with van der Waals surface area (Å²) in [4.78, 5) is 23.8. The second-order valence-corrected chi connectivity index (χ2v) is 5.06. The molecule has 0 unspecified atom stereocenters. The first-order valence-electron chi connectivity index (χ1n) is 5.27. The van der Waals surface area contributed by atoms with E-state index < -0.39 is 11.4 Å². The van der Waals surface area contributed by atoms with E-state index in [1.54, 1.807) is 4.90 Å². The number of carbonyl (C=O) groups is 2. The van der Waals surface area contributed by atoms with Crippen LogP contribution in [0.25, 0.3) is 0 Å². The highest BCUT2D eigenvalue weighted by Gasteiger charge is 2.31. The molecule has 1 amide bonds. The van der Waals surface area contributed by atoms with Crippen LogP contribution in [-0.2, 0) is 22.7 Å². The Bertz CT molecular complexity index is 450.